The fourth-order valence-corrected chi connectivity index (χ4v) is 5.06. The highest BCUT2D eigenvalue weighted by Gasteiger charge is 2.13. The Kier molecular flexibility index (Phi) is 8.77. The van der Waals surface area contributed by atoms with E-state index >= 15 is 0 Å². The summed E-state index contributed by atoms with van der Waals surface area (Å²) in [7, 11) is 0. The van der Waals surface area contributed by atoms with Crippen LogP contribution >= 0.6 is 0 Å². The summed E-state index contributed by atoms with van der Waals surface area (Å²) in [5.74, 6) is 2.50. The molecule has 0 aliphatic carbocycles. The number of rotatable bonds is 12. The second-order valence-corrected chi connectivity index (χ2v) is 10.2. The standard InChI is InChI=1S/C37H33N3O3/c41-37-39(25-26-40(37)32-18-22-35(23-19-32)43-34-14-8-3-9-15-34)31-16-20-33(21-17-31)42-27-24-38-28-36(29-10-4-1-5-11-29)30-12-6-2-7-13-30/h1-23,25-26,36,38H,24,27-28H2. The molecule has 0 unspecified atom stereocenters. The zero-order chi connectivity index (χ0) is 29.3. The first-order valence-corrected chi connectivity index (χ1v) is 14.4. The van der Waals surface area contributed by atoms with Gasteiger partial charge >= 0.3 is 5.69 Å². The third-order valence-electron chi connectivity index (χ3n) is 7.29. The molecule has 6 aromatic rings. The summed E-state index contributed by atoms with van der Waals surface area (Å²) in [6.07, 6.45) is 3.54. The fourth-order valence-electron chi connectivity index (χ4n) is 5.06. The van der Waals surface area contributed by atoms with E-state index in [9.17, 15) is 4.79 Å². The maximum atomic E-state index is 13.2. The zero-order valence-electron chi connectivity index (χ0n) is 23.8. The van der Waals surface area contributed by atoms with Crippen molar-refractivity contribution in [2.75, 3.05) is 19.7 Å². The molecule has 214 valence electrons. The number of para-hydroxylation sites is 1. The minimum Gasteiger partial charge on any atom is -0.492 e. The molecule has 0 atom stereocenters. The van der Waals surface area contributed by atoms with E-state index in [0.29, 0.717) is 12.4 Å². The van der Waals surface area contributed by atoms with E-state index in [1.807, 2.05) is 91.0 Å². The summed E-state index contributed by atoms with van der Waals surface area (Å²) in [5.41, 5.74) is 3.96. The predicted octanol–water partition coefficient (Wildman–Crippen LogP) is 7.22. The Balaban J connectivity index is 1.03. The Morgan fingerprint density at radius 2 is 1.02 bits per heavy atom. The van der Waals surface area contributed by atoms with Crippen molar-refractivity contribution in [1.82, 2.24) is 14.5 Å². The normalized spacial score (nSPS) is 11.0. The van der Waals surface area contributed by atoms with Crippen LogP contribution in [0.1, 0.15) is 17.0 Å². The molecule has 0 saturated carbocycles. The number of imidazole rings is 1. The molecular formula is C37H33N3O3. The zero-order valence-corrected chi connectivity index (χ0v) is 23.8. The molecule has 6 heteroatoms. The summed E-state index contributed by atoms with van der Waals surface area (Å²) in [6.45, 7) is 2.07. The lowest BCUT2D eigenvalue weighted by molar-refractivity contribution is 0.313. The molecule has 1 N–H and O–H groups in total. The highest BCUT2D eigenvalue weighted by atomic mass is 16.5. The van der Waals surface area contributed by atoms with E-state index in [1.54, 1.807) is 21.5 Å². The van der Waals surface area contributed by atoms with Gasteiger partial charge < -0.3 is 14.8 Å². The van der Waals surface area contributed by atoms with E-state index in [-0.39, 0.29) is 11.6 Å². The summed E-state index contributed by atoms with van der Waals surface area (Å²) < 4.78 is 15.1. The molecule has 0 aliphatic rings. The lowest BCUT2D eigenvalue weighted by Crippen LogP contribution is -2.26. The van der Waals surface area contributed by atoms with Crippen LogP contribution in [-0.4, -0.2) is 28.8 Å². The van der Waals surface area contributed by atoms with Gasteiger partial charge in [-0.25, -0.2) is 4.79 Å². The van der Waals surface area contributed by atoms with Crippen LogP contribution in [0.5, 0.6) is 17.2 Å². The first-order chi connectivity index (χ1) is 21.2. The smallest absolute Gasteiger partial charge is 0.337 e. The number of nitrogens with zero attached hydrogens (tertiary/aromatic N) is 2. The van der Waals surface area contributed by atoms with Crippen molar-refractivity contribution in [2.24, 2.45) is 0 Å². The molecule has 6 nitrogen and oxygen atoms in total. The van der Waals surface area contributed by atoms with Crippen molar-refractivity contribution in [2.45, 2.75) is 5.92 Å². The molecule has 0 aliphatic heterocycles. The molecule has 0 fully saturated rings. The van der Waals surface area contributed by atoms with Crippen molar-refractivity contribution >= 4 is 0 Å². The quantitative estimate of drug-likeness (QED) is 0.159. The Bertz CT molecular complexity index is 1720. The summed E-state index contributed by atoms with van der Waals surface area (Å²) >= 11 is 0. The first-order valence-electron chi connectivity index (χ1n) is 14.4. The second-order valence-electron chi connectivity index (χ2n) is 10.2. The van der Waals surface area contributed by atoms with Crippen LogP contribution < -0.4 is 20.5 Å². The van der Waals surface area contributed by atoms with E-state index < -0.39 is 0 Å². The van der Waals surface area contributed by atoms with E-state index in [2.05, 4.69) is 53.8 Å². The third kappa shape index (κ3) is 6.94. The van der Waals surface area contributed by atoms with Crippen molar-refractivity contribution in [3.05, 3.63) is 174 Å². The van der Waals surface area contributed by atoms with Crippen LogP contribution in [0.4, 0.5) is 0 Å². The third-order valence-corrected chi connectivity index (χ3v) is 7.29. The predicted molar refractivity (Wildman–Crippen MR) is 171 cm³/mol. The minimum absolute atomic E-state index is 0.152. The lowest BCUT2D eigenvalue weighted by atomic mass is 9.91. The Labute approximate surface area is 251 Å². The number of ether oxygens (including phenoxy) is 2. The van der Waals surface area contributed by atoms with Gasteiger partial charge in [0.05, 0.1) is 11.4 Å². The molecule has 5 aromatic carbocycles. The molecule has 0 saturated heterocycles. The van der Waals surface area contributed by atoms with E-state index in [0.717, 1.165) is 36.0 Å². The van der Waals surface area contributed by atoms with Crippen LogP contribution in [0, 0.1) is 0 Å². The highest BCUT2D eigenvalue weighted by Crippen LogP contribution is 2.24. The van der Waals surface area contributed by atoms with Crippen LogP contribution in [0.25, 0.3) is 11.4 Å². The van der Waals surface area contributed by atoms with E-state index in [1.165, 1.54) is 11.1 Å². The Morgan fingerprint density at radius 1 is 0.558 bits per heavy atom. The van der Waals surface area contributed by atoms with Gasteiger partial charge in [0.2, 0.25) is 0 Å². The summed E-state index contributed by atoms with van der Waals surface area (Å²) in [4.78, 5) is 13.2. The van der Waals surface area contributed by atoms with Gasteiger partial charge in [-0.05, 0) is 71.8 Å². The first kappa shape index (κ1) is 27.8. The van der Waals surface area contributed by atoms with Crippen LogP contribution in [0.2, 0.25) is 0 Å². The van der Waals surface area contributed by atoms with Gasteiger partial charge in [-0.15, -0.1) is 0 Å². The monoisotopic (exact) mass is 567 g/mol. The molecular weight excluding hydrogens is 534 g/mol. The molecule has 1 heterocycles. The van der Waals surface area contributed by atoms with Gasteiger partial charge in [0, 0.05) is 31.4 Å². The molecule has 1 aromatic heterocycles. The lowest BCUT2D eigenvalue weighted by Gasteiger charge is -2.19. The number of nitrogens with one attached hydrogen (secondary N) is 1. The molecule has 6 rings (SSSR count). The Hall–Kier alpha value is -5.33. The van der Waals surface area contributed by atoms with Gasteiger partial charge in [-0.3, -0.25) is 9.13 Å². The number of aromatic nitrogens is 2. The number of hydrogen-bond acceptors (Lipinski definition) is 4. The summed E-state index contributed by atoms with van der Waals surface area (Å²) in [6, 6.07) is 45.8. The maximum Gasteiger partial charge on any atom is 0.337 e. The average Bonchev–Trinajstić information content (AvgIpc) is 3.45. The second kappa shape index (κ2) is 13.6. The van der Waals surface area contributed by atoms with Crippen molar-refractivity contribution in [3.8, 4) is 28.6 Å². The SMILES string of the molecule is O=c1n(-c2ccc(OCCNCC(c3ccccc3)c3ccccc3)cc2)ccn1-c1ccc(Oc2ccccc2)cc1. The molecule has 0 spiro atoms. The van der Waals surface area contributed by atoms with Crippen LogP contribution in [0.15, 0.2) is 157 Å². The molecule has 0 amide bonds. The van der Waals surface area contributed by atoms with Crippen molar-refractivity contribution < 1.29 is 9.47 Å². The van der Waals surface area contributed by atoms with Crippen molar-refractivity contribution in [1.29, 1.82) is 0 Å². The minimum atomic E-state index is -0.152. The largest absolute Gasteiger partial charge is 0.492 e. The number of benzene rings is 5. The Morgan fingerprint density at radius 3 is 1.56 bits per heavy atom. The molecule has 43 heavy (non-hydrogen) atoms. The van der Waals surface area contributed by atoms with Gasteiger partial charge in [0.1, 0.15) is 23.9 Å². The molecule has 0 bridgehead atoms. The van der Waals surface area contributed by atoms with Gasteiger partial charge in [0.15, 0.2) is 0 Å². The fraction of sp³-hybridized carbons (Fsp3) is 0.108. The van der Waals surface area contributed by atoms with Crippen LogP contribution in [-0.2, 0) is 0 Å². The maximum absolute atomic E-state index is 13.2. The summed E-state index contributed by atoms with van der Waals surface area (Å²) in [5, 5.41) is 3.55. The highest BCUT2D eigenvalue weighted by molar-refractivity contribution is 5.42. The average molecular weight is 568 g/mol. The van der Waals surface area contributed by atoms with Crippen LogP contribution in [0.3, 0.4) is 0 Å². The van der Waals surface area contributed by atoms with Gasteiger partial charge in [-0.2, -0.15) is 0 Å². The number of hydrogen-bond donors (Lipinski definition) is 1. The van der Waals surface area contributed by atoms with Crippen molar-refractivity contribution in [3.63, 3.8) is 0 Å². The van der Waals surface area contributed by atoms with Gasteiger partial charge in [0.25, 0.3) is 0 Å². The van der Waals surface area contributed by atoms with Gasteiger partial charge in [-0.1, -0.05) is 78.9 Å². The topological polar surface area (TPSA) is 57.4 Å². The molecule has 0 radical (unpaired) electrons. The van der Waals surface area contributed by atoms with E-state index in [4.69, 9.17) is 9.47 Å².